The van der Waals surface area contributed by atoms with Crippen LogP contribution in [-0.2, 0) is 12.7 Å². The van der Waals surface area contributed by atoms with Gasteiger partial charge in [-0.15, -0.1) is 0 Å². The molecule has 90 valence electrons. The Morgan fingerprint density at radius 1 is 1.56 bits per heavy atom. The van der Waals surface area contributed by atoms with Gasteiger partial charge in [-0.05, 0) is 25.7 Å². The number of hydrogen-bond donors (Lipinski definition) is 1. The molecule has 1 aliphatic rings. The quantitative estimate of drug-likeness (QED) is 0.870. The van der Waals surface area contributed by atoms with E-state index in [0.29, 0.717) is 5.92 Å². The summed E-state index contributed by atoms with van der Waals surface area (Å²) in [6, 6.07) is -0.197. The third-order valence-electron chi connectivity index (χ3n) is 3.05. The molecule has 0 bridgehead atoms. The van der Waals surface area contributed by atoms with Gasteiger partial charge in [-0.3, -0.25) is 4.68 Å². The third-order valence-corrected chi connectivity index (χ3v) is 3.05. The van der Waals surface area contributed by atoms with E-state index in [1.54, 1.807) is 6.92 Å². The fourth-order valence-electron chi connectivity index (χ4n) is 1.95. The van der Waals surface area contributed by atoms with E-state index >= 15 is 0 Å². The summed E-state index contributed by atoms with van der Waals surface area (Å²) in [6.07, 6.45) is -1.19. The molecular formula is C10H14F3N3. The van der Waals surface area contributed by atoms with Crippen molar-refractivity contribution in [3.63, 3.8) is 0 Å². The molecule has 2 N–H and O–H groups in total. The molecule has 6 heteroatoms. The molecule has 0 aliphatic heterocycles. The maximum absolute atomic E-state index is 12.9. The first-order valence-corrected chi connectivity index (χ1v) is 5.28. The molecule has 2 rings (SSSR count). The van der Waals surface area contributed by atoms with Crippen molar-refractivity contribution < 1.29 is 13.2 Å². The molecule has 0 aromatic carbocycles. The Bertz CT molecular complexity index is 379. The van der Waals surface area contributed by atoms with Crippen molar-refractivity contribution >= 4 is 0 Å². The zero-order chi connectivity index (χ0) is 11.9. The van der Waals surface area contributed by atoms with Crippen LogP contribution in [0.1, 0.15) is 37.1 Å². The summed E-state index contributed by atoms with van der Waals surface area (Å²) < 4.78 is 39.7. The maximum atomic E-state index is 12.9. The molecule has 1 aromatic heterocycles. The Kier molecular flexibility index (Phi) is 2.69. The van der Waals surface area contributed by atoms with Gasteiger partial charge < -0.3 is 5.73 Å². The summed E-state index contributed by atoms with van der Waals surface area (Å²) in [5.41, 5.74) is 4.68. The van der Waals surface area contributed by atoms with Crippen LogP contribution < -0.4 is 5.73 Å². The molecule has 1 atom stereocenters. The van der Waals surface area contributed by atoms with E-state index in [1.165, 1.54) is 6.20 Å². The lowest BCUT2D eigenvalue weighted by Crippen LogP contribution is -2.21. The maximum Gasteiger partial charge on any atom is 0.433 e. The fourth-order valence-corrected chi connectivity index (χ4v) is 1.95. The first kappa shape index (κ1) is 11.4. The number of aromatic nitrogens is 2. The van der Waals surface area contributed by atoms with E-state index in [-0.39, 0.29) is 18.2 Å². The van der Waals surface area contributed by atoms with Crippen molar-refractivity contribution in [3.8, 4) is 0 Å². The molecular weight excluding hydrogens is 219 g/mol. The van der Waals surface area contributed by atoms with Crippen molar-refractivity contribution in [2.24, 2.45) is 11.7 Å². The molecule has 1 aliphatic carbocycles. The first-order chi connectivity index (χ1) is 7.45. The van der Waals surface area contributed by atoms with E-state index < -0.39 is 11.9 Å². The van der Waals surface area contributed by atoms with Crippen molar-refractivity contribution in [2.75, 3.05) is 0 Å². The van der Waals surface area contributed by atoms with E-state index in [9.17, 15) is 13.2 Å². The summed E-state index contributed by atoms with van der Waals surface area (Å²) in [5.74, 6) is 0.326. The number of alkyl halides is 3. The molecule has 1 unspecified atom stereocenters. The molecule has 3 nitrogen and oxygen atoms in total. The van der Waals surface area contributed by atoms with Gasteiger partial charge in [-0.2, -0.15) is 18.3 Å². The topological polar surface area (TPSA) is 43.8 Å². The Labute approximate surface area is 91.4 Å². The van der Waals surface area contributed by atoms with E-state index in [1.807, 2.05) is 0 Å². The highest BCUT2D eigenvalue weighted by atomic mass is 19.4. The second-order valence-corrected chi connectivity index (χ2v) is 4.24. The molecule has 1 saturated carbocycles. The molecule has 0 saturated heterocycles. The van der Waals surface area contributed by atoms with E-state index in [4.69, 9.17) is 5.73 Å². The van der Waals surface area contributed by atoms with Crippen molar-refractivity contribution in [1.82, 2.24) is 9.78 Å². The Hall–Kier alpha value is -1.04. The molecule has 0 amide bonds. The average molecular weight is 233 g/mol. The van der Waals surface area contributed by atoms with Crippen LogP contribution in [0.25, 0.3) is 0 Å². The lowest BCUT2D eigenvalue weighted by atomic mass is 10.2. The predicted octanol–water partition coefficient (Wildman–Crippen LogP) is 2.33. The Balaban J connectivity index is 2.40. The lowest BCUT2D eigenvalue weighted by Gasteiger charge is -2.17. The van der Waals surface area contributed by atoms with Crippen LogP contribution in [0, 0.1) is 5.92 Å². The number of nitrogens with zero attached hydrogens (tertiary/aromatic N) is 2. The molecule has 16 heavy (non-hydrogen) atoms. The normalized spacial score (nSPS) is 18.8. The minimum atomic E-state index is -4.38. The van der Waals surface area contributed by atoms with Gasteiger partial charge in [-0.1, -0.05) is 0 Å². The second kappa shape index (κ2) is 3.76. The van der Waals surface area contributed by atoms with Crippen molar-refractivity contribution in [1.29, 1.82) is 0 Å². The first-order valence-electron chi connectivity index (χ1n) is 5.28. The second-order valence-electron chi connectivity index (χ2n) is 4.24. The standard InChI is InChI=1S/C10H14F3N3/c1-6(7-2-3-7)16-9(10(11,12)13)8(4-14)5-15-16/h5-7H,2-4,14H2,1H3. The zero-order valence-electron chi connectivity index (χ0n) is 8.96. The number of nitrogens with two attached hydrogens (primary N) is 1. The number of halogens is 3. The minimum absolute atomic E-state index is 0.0694. The third kappa shape index (κ3) is 1.93. The molecule has 1 fully saturated rings. The van der Waals surface area contributed by atoms with Crippen molar-refractivity contribution in [3.05, 3.63) is 17.5 Å². The largest absolute Gasteiger partial charge is 0.433 e. The fraction of sp³-hybridized carbons (Fsp3) is 0.700. The summed E-state index contributed by atoms with van der Waals surface area (Å²) in [7, 11) is 0. The zero-order valence-corrected chi connectivity index (χ0v) is 8.96. The monoisotopic (exact) mass is 233 g/mol. The summed E-state index contributed by atoms with van der Waals surface area (Å²) in [4.78, 5) is 0. The van der Waals surface area contributed by atoms with Gasteiger partial charge in [-0.25, -0.2) is 0 Å². The van der Waals surface area contributed by atoms with Gasteiger partial charge in [0, 0.05) is 12.1 Å². The molecule has 0 spiro atoms. The SMILES string of the molecule is CC(C1CC1)n1ncc(CN)c1C(F)(F)F. The highest BCUT2D eigenvalue weighted by Crippen LogP contribution is 2.42. The van der Waals surface area contributed by atoms with Gasteiger partial charge in [0.1, 0.15) is 5.69 Å². The van der Waals surface area contributed by atoms with E-state index in [0.717, 1.165) is 17.5 Å². The summed E-state index contributed by atoms with van der Waals surface area (Å²) >= 11 is 0. The van der Waals surface area contributed by atoms with Crippen LogP contribution >= 0.6 is 0 Å². The average Bonchev–Trinajstić information content (AvgIpc) is 2.93. The number of hydrogen-bond acceptors (Lipinski definition) is 2. The van der Waals surface area contributed by atoms with Crippen LogP contribution in [0.3, 0.4) is 0 Å². The summed E-state index contributed by atoms with van der Waals surface area (Å²) in [5, 5.41) is 3.83. The van der Waals surface area contributed by atoms with Gasteiger partial charge in [0.25, 0.3) is 0 Å². The van der Waals surface area contributed by atoms with Crippen LogP contribution in [0.15, 0.2) is 6.20 Å². The molecule has 1 aromatic rings. The van der Waals surface area contributed by atoms with Crippen LogP contribution in [0.2, 0.25) is 0 Å². The van der Waals surface area contributed by atoms with Crippen molar-refractivity contribution in [2.45, 2.75) is 38.5 Å². The summed E-state index contributed by atoms with van der Waals surface area (Å²) in [6.45, 7) is 1.65. The van der Waals surface area contributed by atoms with Gasteiger partial charge in [0.15, 0.2) is 0 Å². The Morgan fingerprint density at radius 2 is 2.19 bits per heavy atom. The van der Waals surface area contributed by atoms with Gasteiger partial charge >= 0.3 is 6.18 Å². The molecule has 0 radical (unpaired) electrons. The van der Waals surface area contributed by atoms with Gasteiger partial charge in [0.2, 0.25) is 0 Å². The van der Waals surface area contributed by atoms with E-state index in [2.05, 4.69) is 5.10 Å². The van der Waals surface area contributed by atoms with Gasteiger partial charge in [0.05, 0.1) is 12.2 Å². The number of rotatable bonds is 3. The highest BCUT2D eigenvalue weighted by Gasteiger charge is 2.41. The van der Waals surface area contributed by atoms with Crippen LogP contribution in [0.5, 0.6) is 0 Å². The lowest BCUT2D eigenvalue weighted by molar-refractivity contribution is -0.145. The Morgan fingerprint density at radius 3 is 2.62 bits per heavy atom. The minimum Gasteiger partial charge on any atom is -0.326 e. The molecule has 1 heterocycles. The predicted molar refractivity (Wildman–Crippen MR) is 52.6 cm³/mol. The van der Waals surface area contributed by atoms with Crippen LogP contribution in [-0.4, -0.2) is 9.78 Å². The highest BCUT2D eigenvalue weighted by molar-refractivity contribution is 5.21. The van der Waals surface area contributed by atoms with Crippen LogP contribution in [0.4, 0.5) is 13.2 Å². The smallest absolute Gasteiger partial charge is 0.326 e.